The van der Waals surface area contributed by atoms with E-state index < -0.39 is 14.8 Å². The van der Waals surface area contributed by atoms with Crippen molar-refractivity contribution in [3.63, 3.8) is 0 Å². The number of rotatable bonds is 7. The highest BCUT2D eigenvalue weighted by atomic mass is 32.2. The number of sulfone groups is 1. The fourth-order valence-electron chi connectivity index (χ4n) is 2.38. The van der Waals surface area contributed by atoms with Gasteiger partial charge in [0.2, 0.25) is 0 Å². The van der Waals surface area contributed by atoms with E-state index in [1.807, 2.05) is 43.3 Å². The lowest BCUT2D eigenvalue weighted by molar-refractivity contribution is -0.385. The van der Waals surface area contributed by atoms with Gasteiger partial charge in [0.1, 0.15) is 0 Å². The Morgan fingerprint density at radius 2 is 1.76 bits per heavy atom. The summed E-state index contributed by atoms with van der Waals surface area (Å²) in [6.07, 6.45) is 1.74. The average Bonchev–Trinajstić information content (AvgIpc) is 2.54. The van der Waals surface area contributed by atoms with E-state index in [1.54, 1.807) is 0 Å². The molecular formula is C17H21N3O4S. The monoisotopic (exact) mass is 363 g/mol. The van der Waals surface area contributed by atoms with E-state index in [4.69, 9.17) is 0 Å². The van der Waals surface area contributed by atoms with Crippen LogP contribution in [0.1, 0.15) is 5.56 Å². The number of nitrogens with zero attached hydrogens (tertiary/aromatic N) is 2. The Bertz CT molecular complexity index is 862. The Balaban J connectivity index is 2.11. The molecule has 2 aromatic carbocycles. The lowest BCUT2D eigenvalue weighted by atomic mass is 10.1. The van der Waals surface area contributed by atoms with Crippen molar-refractivity contribution in [2.45, 2.75) is 11.3 Å². The van der Waals surface area contributed by atoms with Crippen LogP contribution >= 0.6 is 0 Å². The van der Waals surface area contributed by atoms with Gasteiger partial charge in [0.15, 0.2) is 9.84 Å². The van der Waals surface area contributed by atoms with Crippen LogP contribution < -0.4 is 10.2 Å². The van der Waals surface area contributed by atoms with Gasteiger partial charge in [-0.05, 0) is 30.2 Å². The van der Waals surface area contributed by atoms with Crippen LogP contribution in [0.25, 0.3) is 0 Å². The van der Waals surface area contributed by atoms with Crippen LogP contribution in [0.3, 0.4) is 0 Å². The predicted octanol–water partition coefficient (Wildman–Crippen LogP) is 2.72. The van der Waals surface area contributed by atoms with Gasteiger partial charge in [0, 0.05) is 44.7 Å². The normalized spacial score (nSPS) is 11.2. The molecule has 0 bridgehead atoms. The topological polar surface area (TPSA) is 92.5 Å². The SMILES string of the molecule is CN(C)c1ccc(CCNc2ccc([N+](=O)[O-])cc2S(C)(=O)=O)cc1. The Morgan fingerprint density at radius 3 is 2.28 bits per heavy atom. The molecule has 2 rings (SSSR count). The van der Waals surface area contributed by atoms with Crippen LogP contribution in [0.5, 0.6) is 0 Å². The number of hydrogen-bond acceptors (Lipinski definition) is 6. The number of hydrogen-bond donors (Lipinski definition) is 1. The van der Waals surface area contributed by atoms with Crippen molar-refractivity contribution in [2.75, 3.05) is 37.1 Å². The summed E-state index contributed by atoms with van der Waals surface area (Å²) >= 11 is 0. The molecule has 0 saturated carbocycles. The molecule has 1 N–H and O–H groups in total. The van der Waals surface area contributed by atoms with Crippen molar-refractivity contribution in [2.24, 2.45) is 0 Å². The molecule has 0 amide bonds. The van der Waals surface area contributed by atoms with Crippen molar-refractivity contribution >= 4 is 26.9 Å². The number of nitro groups is 1. The van der Waals surface area contributed by atoms with E-state index in [0.29, 0.717) is 18.7 Å². The highest BCUT2D eigenvalue weighted by Crippen LogP contribution is 2.26. The largest absolute Gasteiger partial charge is 0.384 e. The number of nitro benzene ring substituents is 1. The molecule has 0 atom stereocenters. The molecule has 8 heteroatoms. The molecule has 0 aliphatic rings. The Hall–Kier alpha value is -2.61. The molecule has 2 aromatic rings. The molecule has 25 heavy (non-hydrogen) atoms. The predicted molar refractivity (Wildman–Crippen MR) is 99.2 cm³/mol. The molecule has 0 aromatic heterocycles. The number of anilines is 2. The highest BCUT2D eigenvalue weighted by molar-refractivity contribution is 7.90. The zero-order valence-corrected chi connectivity index (χ0v) is 15.2. The molecule has 0 radical (unpaired) electrons. The Labute approximate surface area is 147 Å². The summed E-state index contributed by atoms with van der Waals surface area (Å²) in [6.45, 7) is 0.516. The summed E-state index contributed by atoms with van der Waals surface area (Å²) in [6, 6.07) is 11.9. The van der Waals surface area contributed by atoms with Gasteiger partial charge in [0.05, 0.1) is 15.5 Å². The third-order valence-electron chi connectivity index (χ3n) is 3.76. The second kappa shape index (κ2) is 7.52. The summed E-state index contributed by atoms with van der Waals surface area (Å²) < 4.78 is 23.8. The lowest BCUT2D eigenvalue weighted by Gasteiger charge is -2.13. The van der Waals surface area contributed by atoms with Crippen molar-refractivity contribution in [1.82, 2.24) is 0 Å². The minimum Gasteiger partial charge on any atom is -0.384 e. The van der Waals surface area contributed by atoms with Gasteiger partial charge in [0.25, 0.3) is 5.69 Å². The Kier molecular flexibility index (Phi) is 5.63. The van der Waals surface area contributed by atoms with Gasteiger partial charge < -0.3 is 10.2 Å². The average molecular weight is 363 g/mol. The Morgan fingerprint density at radius 1 is 1.12 bits per heavy atom. The summed E-state index contributed by atoms with van der Waals surface area (Å²) in [5, 5.41) is 13.9. The van der Waals surface area contributed by atoms with Gasteiger partial charge >= 0.3 is 0 Å². The zero-order valence-electron chi connectivity index (χ0n) is 14.4. The first-order valence-electron chi connectivity index (χ1n) is 7.67. The molecule has 0 heterocycles. The van der Waals surface area contributed by atoms with Gasteiger partial charge in [-0.1, -0.05) is 12.1 Å². The first-order chi connectivity index (χ1) is 11.7. The van der Waals surface area contributed by atoms with Crippen molar-refractivity contribution in [3.8, 4) is 0 Å². The van der Waals surface area contributed by atoms with E-state index in [1.165, 1.54) is 12.1 Å². The fraction of sp³-hybridized carbons (Fsp3) is 0.294. The summed E-state index contributed by atoms with van der Waals surface area (Å²) in [4.78, 5) is 12.2. The van der Waals surface area contributed by atoms with Crippen molar-refractivity contribution in [1.29, 1.82) is 0 Å². The van der Waals surface area contributed by atoms with E-state index in [9.17, 15) is 18.5 Å². The van der Waals surface area contributed by atoms with E-state index in [0.717, 1.165) is 23.6 Å². The molecule has 7 nitrogen and oxygen atoms in total. The van der Waals surface area contributed by atoms with Crippen LogP contribution in [0.4, 0.5) is 17.1 Å². The van der Waals surface area contributed by atoms with Gasteiger partial charge in [-0.2, -0.15) is 0 Å². The first kappa shape index (κ1) is 18.7. The molecule has 0 aliphatic carbocycles. The number of nitrogens with one attached hydrogen (secondary N) is 1. The molecule has 0 saturated heterocycles. The van der Waals surface area contributed by atoms with Crippen LogP contribution in [-0.2, 0) is 16.3 Å². The third-order valence-corrected chi connectivity index (χ3v) is 4.89. The van der Waals surface area contributed by atoms with Crippen LogP contribution in [0, 0.1) is 10.1 Å². The van der Waals surface area contributed by atoms with E-state index in [2.05, 4.69) is 5.32 Å². The van der Waals surface area contributed by atoms with E-state index >= 15 is 0 Å². The van der Waals surface area contributed by atoms with Crippen LogP contribution in [0.15, 0.2) is 47.4 Å². The molecule has 134 valence electrons. The summed E-state index contributed by atoms with van der Waals surface area (Å²) in [7, 11) is 0.368. The van der Waals surface area contributed by atoms with Gasteiger partial charge in [-0.15, -0.1) is 0 Å². The maximum absolute atomic E-state index is 11.9. The minimum absolute atomic E-state index is 0.0651. The molecular weight excluding hydrogens is 342 g/mol. The summed E-state index contributed by atoms with van der Waals surface area (Å²) in [5.41, 5.74) is 2.34. The molecule has 0 spiro atoms. The quantitative estimate of drug-likeness (QED) is 0.601. The highest BCUT2D eigenvalue weighted by Gasteiger charge is 2.18. The van der Waals surface area contributed by atoms with E-state index in [-0.39, 0.29) is 10.6 Å². The molecule has 0 aliphatic heterocycles. The zero-order chi connectivity index (χ0) is 18.6. The van der Waals surface area contributed by atoms with Crippen LogP contribution in [-0.4, -0.2) is 40.2 Å². The lowest BCUT2D eigenvalue weighted by Crippen LogP contribution is -2.10. The minimum atomic E-state index is -3.57. The van der Waals surface area contributed by atoms with Crippen molar-refractivity contribution in [3.05, 3.63) is 58.1 Å². The summed E-state index contributed by atoms with van der Waals surface area (Å²) in [5.74, 6) is 0. The number of benzene rings is 2. The second-order valence-corrected chi connectivity index (χ2v) is 7.93. The van der Waals surface area contributed by atoms with Gasteiger partial charge in [-0.25, -0.2) is 8.42 Å². The standard InChI is InChI=1S/C17H21N3O4S/c1-19(2)14-6-4-13(5-7-14)10-11-18-16-9-8-15(20(21)22)12-17(16)25(3,23)24/h4-9,12,18H,10-11H2,1-3H3. The third kappa shape index (κ3) is 4.93. The first-order valence-corrected chi connectivity index (χ1v) is 9.56. The van der Waals surface area contributed by atoms with Crippen LogP contribution in [0.2, 0.25) is 0 Å². The maximum Gasteiger partial charge on any atom is 0.270 e. The smallest absolute Gasteiger partial charge is 0.270 e. The van der Waals surface area contributed by atoms with Gasteiger partial charge in [-0.3, -0.25) is 10.1 Å². The fourth-order valence-corrected chi connectivity index (χ4v) is 3.25. The number of non-ortho nitro benzene ring substituents is 1. The molecule has 0 fully saturated rings. The van der Waals surface area contributed by atoms with Crippen molar-refractivity contribution < 1.29 is 13.3 Å². The maximum atomic E-state index is 11.9. The molecule has 0 unspecified atom stereocenters. The second-order valence-electron chi connectivity index (χ2n) is 5.95.